The zero-order chi connectivity index (χ0) is 15.9. The van der Waals surface area contributed by atoms with Crippen molar-refractivity contribution in [2.24, 2.45) is 5.92 Å². The number of hydrogen-bond acceptors (Lipinski definition) is 4. The maximum absolute atomic E-state index is 11.5. The van der Waals surface area contributed by atoms with Gasteiger partial charge in [-0.05, 0) is 32.2 Å². The molecule has 124 valence electrons. The van der Waals surface area contributed by atoms with Gasteiger partial charge >= 0.3 is 5.97 Å². The highest BCUT2D eigenvalue weighted by molar-refractivity contribution is 5.78. The molecule has 1 aliphatic rings. The van der Waals surface area contributed by atoms with Gasteiger partial charge in [0.15, 0.2) is 0 Å². The number of aliphatic carboxylic acids is 1. The Bertz CT molecular complexity index is 315. The average Bonchev–Trinajstić information content (AvgIpc) is 2.43. The molecule has 0 aromatic heterocycles. The van der Waals surface area contributed by atoms with E-state index in [9.17, 15) is 9.90 Å². The number of piperazine rings is 1. The lowest BCUT2D eigenvalue weighted by Crippen LogP contribution is -2.53. The van der Waals surface area contributed by atoms with E-state index in [-0.39, 0.29) is 0 Å². The van der Waals surface area contributed by atoms with Crippen LogP contribution in [0.25, 0.3) is 0 Å². The van der Waals surface area contributed by atoms with Gasteiger partial charge in [0, 0.05) is 39.3 Å². The second-order valence-corrected chi connectivity index (χ2v) is 6.85. The Morgan fingerprint density at radius 2 is 1.81 bits per heavy atom. The van der Waals surface area contributed by atoms with Gasteiger partial charge in [0.05, 0.1) is 0 Å². The van der Waals surface area contributed by atoms with Crippen molar-refractivity contribution in [2.75, 3.05) is 45.8 Å². The first kappa shape index (κ1) is 18.4. The van der Waals surface area contributed by atoms with Crippen LogP contribution >= 0.6 is 0 Å². The van der Waals surface area contributed by atoms with E-state index < -0.39 is 11.5 Å². The highest BCUT2D eigenvalue weighted by Gasteiger charge is 2.32. The molecule has 21 heavy (non-hydrogen) atoms. The molecular weight excluding hydrogens is 266 g/mol. The molecule has 0 aromatic carbocycles. The molecule has 0 radical (unpaired) electrons. The van der Waals surface area contributed by atoms with Gasteiger partial charge in [-0.25, -0.2) is 0 Å². The minimum atomic E-state index is -0.801. The van der Waals surface area contributed by atoms with Crippen LogP contribution in [0.1, 0.15) is 40.5 Å². The van der Waals surface area contributed by atoms with Gasteiger partial charge in [-0.2, -0.15) is 0 Å². The Hall–Kier alpha value is -0.650. The van der Waals surface area contributed by atoms with Gasteiger partial charge in [-0.3, -0.25) is 4.79 Å². The quantitative estimate of drug-likeness (QED) is 0.675. The first-order valence-corrected chi connectivity index (χ1v) is 8.30. The number of nitrogens with one attached hydrogen (secondary N) is 1. The van der Waals surface area contributed by atoms with E-state index in [2.05, 4.69) is 35.9 Å². The normalized spacial score (nSPS) is 20.6. The van der Waals surface area contributed by atoms with E-state index in [0.717, 1.165) is 45.7 Å². The monoisotopic (exact) mass is 299 g/mol. The average molecular weight is 299 g/mol. The summed E-state index contributed by atoms with van der Waals surface area (Å²) in [5, 5.41) is 12.6. The lowest BCUT2D eigenvalue weighted by molar-refractivity contribution is -0.144. The van der Waals surface area contributed by atoms with Gasteiger partial charge in [0.1, 0.15) is 5.54 Å². The Balaban J connectivity index is 2.35. The molecule has 0 bridgehead atoms. The summed E-state index contributed by atoms with van der Waals surface area (Å²) in [4.78, 5) is 16.4. The fourth-order valence-corrected chi connectivity index (χ4v) is 2.77. The van der Waals surface area contributed by atoms with Crippen molar-refractivity contribution < 1.29 is 9.90 Å². The molecule has 1 aliphatic heterocycles. The van der Waals surface area contributed by atoms with Crippen LogP contribution in [0.15, 0.2) is 0 Å². The SMILES string of the molecule is CCCNC(C)(CCN1CCN(CC(C)C)CC1)C(=O)O. The van der Waals surface area contributed by atoms with Crippen molar-refractivity contribution in [3.05, 3.63) is 0 Å². The van der Waals surface area contributed by atoms with E-state index in [1.807, 2.05) is 0 Å². The number of carboxylic acid groups (broad SMARTS) is 1. The molecule has 1 rings (SSSR count). The Morgan fingerprint density at radius 1 is 1.24 bits per heavy atom. The van der Waals surface area contributed by atoms with Crippen LogP contribution in [-0.2, 0) is 4.79 Å². The molecule has 0 spiro atoms. The predicted octanol–water partition coefficient (Wildman–Crippen LogP) is 1.49. The maximum atomic E-state index is 11.5. The van der Waals surface area contributed by atoms with Gasteiger partial charge < -0.3 is 20.2 Å². The summed E-state index contributed by atoms with van der Waals surface area (Å²) in [6.45, 7) is 15.5. The minimum absolute atomic E-state index is 0.659. The molecule has 1 fully saturated rings. The number of carbonyl (C=O) groups is 1. The number of hydrogen-bond donors (Lipinski definition) is 2. The van der Waals surface area contributed by atoms with Crippen LogP contribution in [0.4, 0.5) is 0 Å². The summed E-state index contributed by atoms with van der Waals surface area (Å²) >= 11 is 0. The molecule has 1 atom stereocenters. The molecule has 0 saturated carbocycles. The van der Waals surface area contributed by atoms with Crippen molar-refractivity contribution in [1.82, 2.24) is 15.1 Å². The zero-order valence-corrected chi connectivity index (χ0v) is 14.2. The standard InChI is InChI=1S/C16H33N3O2/c1-5-7-17-16(4,15(20)21)6-8-18-9-11-19(12-10-18)13-14(2)3/h14,17H,5-13H2,1-4H3,(H,20,21). The summed E-state index contributed by atoms with van der Waals surface area (Å²) in [6.07, 6.45) is 1.61. The van der Waals surface area contributed by atoms with E-state index in [0.29, 0.717) is 12.3 Å². The van der Waals surface area contributed by atoms with E-state index in [1.165, 1.54) is 6.54 Å². The highest BCUT2D eigenvalue weighted by Crippen LogP contribution is 2.13. The van der Waals surface area contributed by atoms with Crippen LogP contribution in [0.2, 0.25) is 0 Å². The molecule has 1 heterocycles. The third-order valence-electron chi connectivity index (χ3n) is 4.25. The van der Waals surface area contributed by atoms with E-state index >= 15 is 0 Å². The van der Waals surface area contributed by atoms with Crippen molar-refractivity contribution in [3.63, 3.8) is 0 Å². The van der Waals surface area contributed by atoms with Crippen molar-refractivity contribution in [1.29, 1.82) is 0 Å². The van der Waals surface area contributed by atoms with Crippen LogP contribution in [-0.4, -0.2) is 72.2 Å². The first-order chi connectivity index (χ1) is 9.87. The maximum Gasteiger partial charge on any atom is 0.323 e. The molecule has 1 unspecified atom stereocenters. The topological polar surface area (TPSA) is 55.8 Å². The fraction of sp³-hybridized carbons (Fsp3) is 0.938. The van der Waals surface area contributed by atoms with Gasteiger partial charge in [-0.1, -0.05) is 20.8 Å². The molecule has 2 N–H and O–H groups in total. The Morgan fingerprint density at radius 3 is 2.29 bits per heavy atom. The van der Waals surface area contributed by atoms with Crippen molar-refractivity contribution in [3.8, 4) is 0 Å². The van der Waals surface area contributed by atoms with Gasteiger partial charge in [-0.15, -0.1) is 0 Å². The summed E-state index contributed by atoms with van der Waals surface area (Å²) in [5.74, 6) is -0.0283. The van der Waals surface area contributed by atoms with Crippen molar-refractivity contribution in [2.45, 2.75) is 46.1 Å². The van der Waals surface area contributed by atoms with E-state index in [4.69, 9.17) is 0 Å². The third-order valence-corrected chi connectivity index (χ3v) is 4.25. The summed E-state index contributed by atoms with van der Waals surface area (Å²) < 4.78 is 0. The number of carboxylic acids is 1. The smallest absolute Gasteiger partial charge is 0.323 e. The van der Waals surface area contributed by atoms with Crippen LogP contribution in [0.3, 0.4) is 0 Å². The molecule has 0 aromatic rings. The second kappa shape index (κ2) is 8.71. The lowest BCUT2D eigenvalue weighted by Gasteiger charge is -2.37. The van der Waals surface area contributed by atoms with Gasteiger partial charge in [0.25, 0.3) is 0 Å². The Labute approximate surface area is 129 Å². The first-order valence-electron chi connectivity index (χ1n) is 8.30. The largest absolute Gasteiger partial charge is 0.480 e. The fourth-order valence-electron chi connectivity index (χ4n) is 2.77. The van der Waals surface area contributed by atoms with Crippen molar-refractivity contribution >= 4 is 5.97 Å². The summed E-state index contributed by atoms with van der Waals surface area (Å²) in [6, 6.07) is 0. The second-order valence-electron chi connectivity index (χ2n) is 6.85. The van der Waals surface area contributed by atoms with Crippen LogP contribution < -0.4 is 5.32 Å². The molecule has 1 saturated heterocycles. The van der Waals surface area contributed by atoms with Gasteiger partial charge in [0.2, 0.25) is 0 Å². The highest BCUT2D eigenvalue weighted by atomic mass is 16.4. The molecule has 5 heteroatoms. The predicted molar refractivity (Wildman–Crippen MR) is 86.7 cm³/mol. The molecule has 5 nitrogen and oxygen atoms in total. The lowest BCUT2D eigenvalue weighted by atomic mass is 9.97. The van der Waals surface area contributed by atoms with Crippen LogP contribution in [0, 0.1) is 5.92 Å². The Kier molecular flexibility index (Phi) is 7.63. The molecule has 0 aliphatic carbocycles. The third kappa shape index (κ3) is 6.32. The number of nitrogens with zero attached hydrogens (tertiary/aromatic N) is 2. The summed E-state index contributed by atoms with van der Waals surface area (Å²) in [5.41, 5.74) is -0.801. The summed E-state index contributed by atoms with van der Waals surface area (Å²) in [7, 11) is 0. The minimum Gasteiger partial charge on any atom is -0.480 e. The molecule has 0 amide bonds. The zero-order valence-electron chi connectivity index (χ0n) is 14.2. The number of rotatable bonds is 9. The molecular formula is C16H33N3O2. The van der Waals surface area contributed by atoms with Crippen LogP contribution in [0.5, 0.6) is 0 Å². The van der Waals surface area contributed by atoms with E-state index in [1.54, 1.807) is 6.92 Å².